The summed E-state index contributed by atoms with van der Waals surface area (Å²) in [5.41, 5.74) is 4.15. The predicted molar refractivity (Wildman–Crippen MR) is 67.5 cm³/mol. The molecule has 16 heavy (non-hydrogen) atoms. The Kier molecular flexibility index (Phi) is 2.28. The molecule has 2 aliphatic rings. The zero-order valence-electron chi connectivity index (χ0n) is 9.61. The molecule has 2 heterocycles. The first-order valence-corrected chi connectivity index (χ1v) is 5.91. The van der Waals surface area contributed by atoms with Gasteiger partial charge in [0.15, 0.2) is 0 Å². The van der Waals surface area contributed by atoms with Gasteiger partial charge in [0.05, 0.1) is 6.54 Å². The maximum atomic E-state index is 4.65. The highest BCUT2D eigenvalue weighted by molar-refractivity contribution is 6.24. The fourth-order valence-electron chi connectivity index (χ4n) is 2.54. The molecular weight excluding hydrogens is 196 g/mol. The van der Waals surface area contributed by atoms with E-state index in [1.54, 1.807) is 0 Å². The first-order chi connectivity index (χ1) is 7.86. The van der Waals surface area contributed by atoms with Crippen molar-refractivity contribution in [2.75, 3.05) is 19.6 Å². The molecule has 2 nitrogen and oxygen atoms in total. The zero-order chi connectivity index (χ0) is 11.0. The Morgan fingerprint density at radius 2 is 1.94 bits per heavy atom. The highest BCUT2D eigenvalue weighted by atomic mass is 15.2. The number of rotatable bonds is 1. The Morgan fingerprint density at radius 1 is 1.12 bits per heavy atom. The summed E-state index contributed by atoms with van der Waals surface area (Å²) < 4.78 is 0. The van der Waals surface area contributed by atoms with Crippen molar-refractivity contribution in [2.24, 2.45) is 4.99 Å². The van der Waals surface area contributed by atoms with Gasteiger partial charge in [-0.2, -0.15) is 0 Å². The summed E-state index contributed by atoms with van der Waals surface area (Å²) in [4.78, 5) is 7.06. The third-order valence-corrected chi connectivity index (χ3v) is 3.40. The van der Waals surface area contributed by atoms with Crippen molar-refractivity contribution in [3.8, 4) is 0 Å². The minimum absolute atomic E-state index is 0.957. The van der Waals surface area contributed by atoms with Crippen LogP contribution in [0.25, 0.3) is 5.57 Å². The van der Waals surface area contributed by atoms with Crippen molar-refractivity contribution in [2.45, 2.75) is 13.3 Å². The Hall–Kier alpha value is -1.57. The van der Waals surface area contributed by atoms with Crippen LogP contribution < -0.4 is 0 Å². The topological polar surface area (TPSA) is 15.6 Å². The summed E-state index contributed by atoms with van der Waals surface area (Å²) in [5, 5.41) is 0. The summed E-state index contributed by atoms with van der Waals surface area (Å²) in [5.74, 6) is 1.22. The van der Waals surface area contributed by atoms with E-state index in [-0.39, 0.29) is 0 Å². The lowest BCUT2D eigenvalue weighted by molar-refractivity contribution is 0.456. The van der Waals surface area contributed by atoms with E-state index in [2.05, 4.69) is 47.1 Å². The molecule has 0 atom stereocenters. The average molecular weight is 212 g/mol. The highest BCUT2D eigenvalue weighted by Crippen LogP contribution is 2.30. The Morgan fingerprint density at radius 3 is 2.75 bits per heavy atom. The van der Waals surface area contributed by atoms with Crippen molar-refractivity contribution in [1.82, 2.24) is 4.90 Å². The Balaban J connectivity index is 2.10. The average Bonchev–Trinajstić information content (AvgIpc) is 2.78. The molecule has 2 aliphatic heterocycles. The van der Waals surface area contributed by atoms with Gasteiger partial charge in [-0.05, 0) is 18.9 Å². The molecule has 0 aromatic heterocycles. The number of hydrogen-bond acceptors (Lipinski definition) is 2. The number of fused-ring (bicyclic) bond motifs is 1. The molecule has 1 aromatic rings. The molecule has 0 amide bonds. The van der Waals surface area contributed by atoms with Gasteiger partial charge in [0.1, 0.15) is 5.84 Å². The summed E-state index contributed by atoms with van der Waals surface area (Å²) in [7, 11) is 0. The van der Waals surface area contributed by atoms with E-state index in [0.717, 1.165) is 19.6 Å². The molecule has 0 saturated carbocycles. The third kappa shape index (κ3) is 1.45. The van der Waals surface area contributed by atoms with Gasteiger partial charge >= 0.3 is 0 Å². The lowest BCUT2D eigenvalue weighted by Gasteiger charge is -2.29. The summed E-state index contributed by atoms with van der Waals surface area (Å²) in [6.45, 7) is 5.43. The van der Waals surface area contributed by atoms with Gasteiger partial charge in [-0.15, -0.1) is 0 Å². The number of amidine groups is 1. The predicted octanol–water partition coefficient (Wildman–Crippen LogP) is 2.58. The van der Waals surface area contributed by atoms with E-state index in [9.17, 15) is 0 Å². The second-order valence-corrected chi connectivity index (χ2v) is 4.46. The quantitative estimate of drug-likeness (QED) is 0.698. The van der Waals surface area contributed by atoms with Gasteiger partial charge in [0.2, 0.25) is 0 Å². The first-order valence-electron chi connectivity index (χ1n) is 5.91. The van der Waals surface area contributed by atoms with Gasteiger partial charge in [-0.25, -0.2) is 0 Å². The van der Waals surface area contributed by atoms with E-state index in [0.29, 0.717) is 0 Å². The molecule has 0 radical (unpaired) electrons. The maximum Gasteiger partial charge on any atom is 0.131 e. The fraction of sp³-hybridized carbons (Fsp3) is 0.357. The van der Waals surface area contributed by atoms with Crippen LogP contribution in [0.15, 0.2) is 40.9 Å². The lowest BCUT2D eigenvalue weighted by Crippen LogP contribution is -2.33. The molecule has 0 unspecified atom stereocenters. The standard InChI is InChI=1S/C14H16N2/c1-11-7-9-16-10-8-15-14(16)13(11)12-5-3-2-4-6-12/h2-6H,7-10H2,1H3. The van der Waals surface area contributed by atoms with E-state index < -0.39 is 0 Å². The molecule has 82 valence electrons. The van der Waals surface area contributed by atoms with Gasteiger partial charge in [-0.1, -0.05) is 35.9 Å². The maximum absolute atomic E-state index is 4.65. The number of aliphatic imine (C=N–C) groups is 1. The molecule has 2 heteroatoms. The second kappa shape index (κ2) is 3.78. The second-order valence-electron chi connectivity index (χ2n) is 4.46. The SMILES string of the molecule is CC1=C(c2ccccc2)C2=NCCN2CC1. The van der Waals surface area contributed by atoms with Gasteiger partial charge in [0, 0.05) is 18.7 Å². The van der Waals surface area contributed by atoms with Crippen LogP contribution in [-0.4, -0.2) is 30.4 Å². The van der Waals surface area contributed by atoms with Crippen LogP contribution in [-0.2, 0) is 0 Å². The van der Waals surface area contributed by atoms with Crippen molar-refractivity contribution in [3.63, 3.8) is 0 Å². The highest BCUT2D eigenvalue weighted by Gasteiger charge is 2.26. The molecule has 0 fully saturated rings. The van der Waals surface area contributed by atoms with E-state index in [4.69, 9.17) is 0 Å². The van der Waals surface area contributed by atoms with Crippen LogP contribution >= 0.6 is 0 Å². The van der Waals surface area contributed by atoms with Crippen LogP contribution in [0.1, 0.15) is 18.9 Å². The van der Waals surface area contributed by atoms with Crippen LogP contribution in [0.4, 0.5) is 0 Å². The summed E-state index contributed by atoms with van der Waals surface area (Å²) in [6, 6.07) is 10.6. The smallest absolute Gasteiger partial charge is 0.131 e. The van der Waals surface area contributed by atoms with Crippen molar-refractivity contribution >= 4 is 11.4 Å². The lowest BCUT2D eigenvalue weighted by atomic mass is 9.94. The molecule has 0 aliphatic carbocycles. The minimum Gasteiger partial charge on any atom is -0.354 e. The third-order valence-electron chi connectivity index (χ3n) is 3.40. The first kappa shape index (κ1) is 9.64. The molecule has 0 bridgehead atoms. The zero-order valence-corrected chi connectivity index (χ0v) is 9.61. The molecule has 1 aromatic carbocycles. The van der Waals surface area contributed by atoms with Crippen molar-refractivity contribution in [3.05, 3.63) is 41.5 Å². The number of benzene rings is 1. The normalized spacial score (nSPS) is 19.8. The minimum atomic E-state index is 0.957. The van der Waals surface area contributed by atoms with Gasteiger partial charge in [-0.3, -0.25) is 4.99 Å². The Labute approximate surface area is 96.3 Å². The van der Waals surface area contributed by atoms with Crippen LogP contribution in [0.5, 0.6) is 0 Å². The molecule has 0 N–H and O–H groups in total. The molecule has 0 saturated heterocycles. The molecule has 3 rings (SSSR count). The summed E-state index contributed by atoms with van der Waals surface area (Å²) >= 11 is 0. The Bertz CT molecular complexity index is 457. The van der Waals surface area contributed by atoms with E-state index in [1.807, 2.05) is 0 Å². The molecular formula is C14H16N2. The summed E-state index contributed by atoms with van der Waals surface area (Å²) in [6.07, 6.45) is 1.17. The fourth-order valence-corrected chi connectivity index (χ4v) is 2.54. The van der Waals surface area contributed by atoms with E-state index in [1.165, 1.54) is 29.0 Å². The monoisotopic (exact) mass is 212 g/mol. The molecule has 0 spiro atoms. The van der Waals surface area contributed by atoms with Crippen LogP contribution in [0.2, 0.25) is 0 Å². The van der Waals surface area contributed by atoms with Gasteiger partial charge in [0.25, 0.3) is 0 Å². The number of hydrogen-bond donors (Lipinski definition) is 0. The number of nitrogens with zero attached hydrogens (tertiary/aromatic N) is 2. The van der Waals surface area contributed by atoms with Crippen molar-refractivity contribution < 1.29 is 0 Å². The van der Waals surface area contributed by atoms with Gasteiger partial charge < -0.3 is 4.90 Å². The van der Waals surface area contributed by atoms with Crippen LogP contribution in [0.3, 0.4) is 0 Å². The van der Waals surface area contributed by atoms with Crippen LogP contribution in [0, 0.1) is 0 Å². The van der Waals surface area contributed by atoms with Crippen molar-refractivity contribution in [1.29, 1.82) is 0 Å². The largest absolute Gasteiger partial charge is 0.354 e. The van der Waals surface area contributed by atoms with E-state index >= 15 is 0 Å².